The molecule has 1 aliphatic rings. The molecule has 0 bridgehead atoms. The van der Waals surface area contributed by atoms with Crippen LogP contribution in [0.15, 0.2) is 39.9 Å². The lowest BCUT2D eigenvalue weighted by Gasteiger charge is -2.35. The molecule has 2 aromatic rings. The molecule has 30 heavy (non-hydrogen) atoms. The fraction of sp³-hybridized carbons (Fsp3) is 0.429. The van der Waals surface area contributed by atoms with Crippen molar-refractivity contribution >= 4 is 23.2 Å². The zero-order valence-electron chi connectivity index (χ0n) is 17.4. The monoisotopic (exact) mass is 413 g/mol. The standard InChI is InChI=1S/C21H27N5O4/c1-13(17(27)16-18(22)24(2)21(30)25(3)20(16)29)26-11-7-8-14(12-26)19(28)23-15-9-5-4-6-10-15/h4-6,9-10,13-14H,7-8,11-12,22H2,1-3H3,(H,23,28). The minimum Gasteiger partial charge on any atom is -0.384 e. The number of para-hydroxylation sites is 1. The highest BCUT2D eigenvalue weighted by Crippen LogP contribution is 2.22. The number of carbonyl (C=O) groups excluding carboxylic acids is 2. The summed E-state index contributed by atoms with van der Waals surface area (Å²) in [6.07, 6.45) is 1.48. The van der Waals surface area contributed by atoms with Crippen molar-refractivity contribution in [1.82, 2.24) is 14.0 Å². The number of Topliss-reactive ketones (excluding diaryl/α,β-unsaturated/α-hetero) is 1. The quantitative estimate of drug-likeness (QED) is 0.693. The van der Waals surface area contributed by atoms with Crippen molar-refractivity contribution in [2.45, 2.75) is 25.8 Å². The molecular weight excluding hydrogens is 386 g/mol. The molecule has 1 fully saturated rings. The van der Waals surface area contributed by atoms with E-state index < -0.39 is 23.1 Å². The van der Waals surface area contributed by atoms with Gasteiger partial charge in [0.2, 0.25) is 5.91 Å². The number of nitrogens with two attached hydrogens (primary N) is 1. The van der Waals surface area contributed by atoms with Crippen molar-refractivity contribution in [1.29, 1.82) is 0 Å². The third kappa shape index (κ3) is 4.06. The third-order valence-electron chi connectivity index (χ3n) is 5.75. The van der Waals surface area contributed by atoms with E-state index in [9.17, 15) is 19.2 Å². The number of hydrogen-bond acceptors (Lipinski definition) is 6. The minimum atomic E-state index is -0.706. The van der Waals surface area contributed by atoms with Gasteiger partial charge in [-0.15, -0.1) is 0 Å². The van der Waals surface area contributed by atoms with Crippen LogP contribution in [-0.2, 0) is 18.9 Å². The van der Waals surface area contributed by atoms with Crippen LogP contribution in [0.2, 0.25) is 0 Å². The molecule has 1 saturated heterocycles. The number of likely N-dealkylation sites (tertiary alicyclic amines) is 1. The second-order valence-electron chi connectivity index (χ2n) is 7.70. The molecule has 9 nitrogen and oxygen atoms in total. The van der Waals surface area contributed by atoms with E-state index in [2.05, 4.69) is 5.32 Å². The molecule has 0 aliphatic carbocycles. The number of nitrogen functional groups attached to an aromatic ring is 1. The van der Waals surface area contributed by atoms with E-state index in [1.165, 1.54) is 14.1 Å². The van der Waals surface area contributed by atoms with Crippen molar-refractivity contribution in [3.8, 4) is 0 Å². The molecule has 3 N–H and O–H groups in total. The summed E-state index contributed by atoms with van der Waals surface area (Å²) in [5, 5.41) is 2.91. The van der Waals surface area contributed by atoms with Crippen molar-refractivity contribution in [3.63, 3.8) is 0 Å². The van der Waals surface area contributed by atoms with E-state index in [-0.39, 0.29) is 23.2 Å². The second kappa shape index (κ2) is 8.66. The average Bonchev–Trinajstić information content (AvgIpc) is 2.76. The number of ketones is 1. The zero-order valence-corrected chi connectivity index (χ0v) is 17.4. The fourth-order valence-electron chi connectivity index (χ4n) is 3.80. The second-order valence-corrected chi connectivity index (χ2v) is 7.70. The van der Waals surface area contributed by atoms with Crippen LogP contribution in [0, 0.1) is 5.92 Å². The van der Waals surface area contributed by atoms with Gasteiger partial charge in [0.25, 0.3) is 5.56 Å². The summed E-state index contributed by atoms with van der Waals surface area (Å²) in [7, 11) is 2.74. The SMILES string of the molecule is CC(C(=O)c1c(N)n(C)c(=O)n(C)c1=O)N1CCCC(C(=O)Nc2ccccc2)C1. The summed E-state index contributed by atoms with van der Waals surface area (Å²) in [6.45, 7) is 2.73. The Hall–Kier alpha value is -3.20. The lowest BCUT2D eigenvalue weighted by atomic mass is 9.94. The molecule has 0 spiro atoms. The number of rotatable bonds is 5. The first-order chi connectivity index (χ1) is 14.2. The Labute approximate surface area is 174 Å². The number of hydrogen-bond donors (Lipinski definition) is 2. The average molecular weight is 413 g/mol. The van der Waals surface area contributed by atoms with E-state index >= 15 is 0 Å². The predicted octanol–water partition coefficient (Wildman–Crippen LogP) is 0.588. The third-order valence-corrected chi connectivity index (χ3v) is 5.75. The summed E-state index contributed by atoms with van der Waals surface area (Å²) in [4.78, 5) is 52.2. The Kier molecular flexibility index (Phi) is 6.21. The number of amides is 1. The van der Waals surface area contributed by atoms with E-state index in [0.717, 1.165) is 27.7 Å². The molecule has 1 aromatic carbocycles. The van der Waals surface area contributed by atoms with Gasteiger partial charge >= 0.3 is 5.69 Å². The van der Waals surface area contributed by atoms with Gasteiger partial charge in [-0.25, -0.2) is 4.79 Å². The van der Waals surface area contributed by atoms with Gasteiger partial charge in [-0.05, 0) is 38.4 Å². The van der Waals surface area contributed by atoms with Crippen molar-refractivity contribution < 1.29 is 9.59 Å². The largest absolute Gasteiger partial charge is 0.384 e. The highest BCUT2D eigenvalue weighted by atomic mass is 16.2. The molecule has 1 amide bonds. The van der Waals surface area contributed by atoms with Gasteiger partial charge in [0, 0.05) is 26.3 Å². The summed E-state index contributed by atoms with van der Waals surface area (Å²) in [5.74, 6) is -0.958. The number of nitrogens with zero attached hydrogens (tertiary/aromatic N) is 3. The Morgan fingerprint density at radius 1 is 1.13 bits per heavy atom. The van der Waals surface area contributed by atoms with E-state index in [1.807, 2.05) is 35.2 Å². The maximum Gasteiger partial charge on any atom is 0.332 e. The maximum atomic E-state index is 13.1. The first-order valence-corrected chi connectivity index (χ1v) is 9.92. The van der Waals surface area contributed by atoms with Crippen LogP contribution in [0.4, 0.5) is 11.5 Å². The molecule has 160 valence electrons. The summed E-state index contributed by atoms with van der Waals surface area (Å²) in [6, 6.07) is 8.57. The molecule has 0 radical (unpaired) electrons. The predicted molar refractivity (Wildman–Crippen MR) is 114 cm³/mol. The van der Waals surface area contributed by atoms with Crippen LogP contribution in [0.3, 0.4) is 0 Å². The van der Waals surface area contributed by atoms with Crippen LogP contribution in [-0.4, -0.2) is 44.9 Å². The topological polar surface area (TPSA) is 119 Å². The Balaban J connectivity index is 1.78. The van der Waals surface area contributed by atoms with Gasteiger partial charge in [-0.1, -0.05) is 18.2 Å². The van der Waals surface area contributed by atoms with E-state index in [0.29, 0.717) is 13.1 Å². The lowest BCUT2D eigenvalue weighted by Crippen LogP contribution is -2.50. The van der Waals surface area contributed by atoms with Gasteiger partial charge in [0.1, 0.15) is 11.4 Å². The summed E-state index contributed by atoms with van der Waals surface area (Å²) in [5.41, 5.74) is 5.17. The van der Waals surface area contributed by atoms with Crippen LogP contribution in [0.25, 0.3) is 0 Å². The van der Waals surface area contributed by atoms with Gasteiger partial charge in [0.05, 0.1) is 12.0 Å². The number of piperidine rings is 1. The molecule has 2 unspecified atom stereocenters. The fourth-order valence-corrected chi connectivity index (χ4v) is 3.80. The first kappa shape index (κ1) is 21.5. The molecule has 1 aliphatic heterocycles. The van der Waals surface area contributed by atoms with Crippen LogP contribution >= 0.6 is 0 Å². The number of benzene rings is 1. The smallest absolute Gasteiger partial charge is 0.332 e. The van der Waals surface area contributed by atoms with Crippen LogP contribution < -0.4 is 22.3 Å². The molecule has 0 saturated carbocycles. The van der Waals surface area contributed by atoms with Gasteiger partial charge in [-0.3, -0.25) is 28.4 Å². The maximum absolute atomic E-state index is 13.1. The van der Waals surface area contributed by atoms with E-state index in [1.54, 1.807) is 6.92 Å². The van der Waals surface area contributed by atoms with Crippen molar-refractivity contribution in [2.75, 3.05) is 24.1 Å². The van der Waals surface area contributed by atoms with Gasteiger partial charge in [-0.2, -0.15) is 0 Å². The summed E-state index contributed by atoms with van der Waals surface area (Å²) < 4.78 is 1.97. The summed E-state index contributed by atoms with van der Waals surface area (Å²) >= 11 is 0. The molecule has 1 aromatic heterocycles. The molecular formula is C21H27N5O4. The lowest BCUT2D eigenvalue weighted by molar-refractivity contribution is -0.121. The highest BCUT2D eigenvalue weighted by Gasteiger charge is 2.33. The van der Waals surface area contributed by atoms with E-state index in [4.69, 9.17) is 5.73 Å². The molecule has 2 heterocycles. The number of nitrogens with one attached hydrogen (secondary N) is 1. The van der Waals surface area contributed by atoms with Crippen molar-refractivity contribution in [2.24, 2.45) is 20.0 Å². The number of aromatic nitrogens is 2. The molecule has 2 atom stereocenters. The first-order valence-electron chi connectivity index (χ1n) is 9.92. The van der Waals surface area contributed by atoms with Crippen LogP contribution in [0.5, 0.6) is 0 Å². The highest BCUT2D eigenvalue weighted by molar-refractivity contribution is 6.03. The Bertz CT molecular complexity index is 1070. The Morgan fingerprint density at radius 2 is 1.80 bits per heavy atom. The molecule has 9 heteroatoms. The van der Waals surface area contributed by atoms with Crippen LogP contribution in [0.1, 0.15) is 30.1 Å². The molecule has 3 rings (SSSR count). The number of anilines is 2. The van der Waals surface area contributed by atoms with Gasteiger partial charge < -0.3 is 11.1 Å². The normalized spacial score (nSPS) is 18.0. The minimum absolute atomic E-state index is 0.0944. The van der Waals surface area contributed by atoms with Crippen molar-refractivity contribution in [3.05, 3.63) is 56.7 Å². The Morgan fingerprint density at radius 3 is 2.47 bits per heavy atom. The number of carbonyl (C=O) groups is 2. The zero-order chi connectivity index (χ0) is 22.0. The van der Waals surface area contributed by atoms with Gasteiger partial charge in [0.15, 0.2) is 5.78 Å².